The fourth-order valence-electron chi connectivity index (χ4n) is 1.25. The highest BCUT2D eigenvalue weighted by Crippen LogP contribution is 2.07. The van der Waals surface area contributed by atoms with Gasteiger partial charge >= 0.3 is 0 Å². The third-order valence-electron chi connectivity index (χ3n) is 2.02. The molecule has 1 rings (SSSR count). The summed E-state index contributed by atoms with van der Waals surface area (Å²) in [7, 11) is 0. The molecule has 0 fully saturated rings. The van der Waals surface area contributed by atoms with Crippen molar-refractivity contribution in [2.75, 3.05) is 0 Å². The summed E-state index contributed by atoms with van der Waals surface area (Å²) in [6, 6.07) is 10.3. The van der Waals surface area contributed by atoms with Crippen LogP contribution in [0.5, 0.6) is 0 Å². The van der Waals surface area contributed by atoms with Crippen molar-refractivity contribution >= 4 is 6.08 Å². The molecule has 0 aromatic heterocycles. The fraction of sp³-hybridized carbons (Fsp3) is 0.214. The first-order valence-corrected chi connectivity index (χ1v) is 4.90. The predicted molar refractivity (Wildman–Crippen MR) is 63.0 cm³/mol. The molecule has 0 unspecified atom stereocenters. The van der Waals surface area contributed by atoms with E-state index < -0.39 is 0 Å². The van der Waals surface area contributed by atoms with E-state index in [4.69, 9.17) is 0 Å². The molecule has 0 aliphatic carbocycles. The molecule has 0 heteroatoms. The van der Waals surface area contributed by atoms with Crippen LogP contribution in [0.15, 0.2) is 54.8 Å². The van der Waals surface area contributed by atoms with Crippen molar-refractivity contribution in [3.63, 3.8) is 0 Å². The minimum Gasteiger partial charge on any atom is -0.133 e. The molecular weight excluding hydrogens is 168 g/mol. The Bertz CT molecular complexity index is 326. The van der Waals surface area contributed by atoms with Gasteiger partial charge in [0.15, 0.2) is 0 Å². The molecule has 72 valence electrons. The summed E-state index contributed by atoms with van der Waals surface area (Å²) in [5.41, 5.74) is 4.06. The average Bonchev–Trinajstić information content (AvgIpc) is 2.20. The monoisotopic (exact) mass is 184 g/mol. The lowest BCUT2D eigenvalue weighted by molar-refractivity contribution is 0.747. The smallest absolute Gasteiger partial charge is 0.0151 e. The summed E-state index contributed by atoms with van der Waals surface area (Å²) in [6.45, 7) is 5.72. The van der Waals surface area contributed by atoms with Crippen LogP contribution >= 0.6 is 0 Å². The maximum atomic E-state index is 3.56. The summed E-state index contributed by atoms with van der Waals surface area (Å²) < 4.78 is 0. The maximum absolute atomic E-state index is 3.56. The molecule has 0 spiro atoms. The lowest BCUT2D eigenvalue weighted by atomic mass is 10.1. The number of benzene rings is 1. The highest BCUT2D eigenvalue weighted by Gasteiger charge is 1.91. The van der Waals surface area contributed by atoms with Crippen molar-refractivity contribution in [2.45, 2.75) is 13.3 Å². The van der Waals surface area contributed by atoms with Crippen molar-refractivity contribution in [3.05, 3.63) is 60.4 Å². The molecule has 0 amide bonds. The summed E-state index contributed by atoms with van der Waals surface area (Å²) in [4.78, 5) is 0. The van der Waals surface area contributed by atoms with Crippen molar-refractivity contribution < 1.29 is 0 Å². The molecule has 14 heavy (non-hydrogen) atoms. The SMILES string of the molecule is C=C=C[C@@H](C)C/C=C/c1ccccc1. The van der Waals surface area contributed by atoms with Crippen molar-refractivity contribution in [1.82, 2.24) is 0 Å². The van der Waals surface area contributed by atoms with Crippen LogP contribution in [0.2, 0.25) is 0 Å². The van der Waals surface area contributed by atoms with E-state index in [2.05, 4.69) is 43.5 Å². The molecule has 0 radical (unpaired) electrons. The van der Waals surface area contributed by atoms with Crippen LogP contribution in [0.1, 0.15) is 18.9 Å². The lowest BCUT2D eigenvalue weighted by Gasteiger charge is -1.98. The number of allylic oxidation sites excluding steroid dienone is 2. The second kappa shape index (κ2) is 6.01. The Labute approximate surface area is 86.3 Å². The molecule has 0 saturated carbocycles. The minimum atomic E-state index is 0.521. The Balaban J connectivity index is 2.45. The molecular formula is C14H16. The van der Waals surface area contributed by atoms with Gasteiger partial charge in [-0.1, -0.05) is 56.0 Å². The highest BCUT2D eigenvalue weighted by molar-refractivity contribution is 5.48. The number of hydrogen-bond donors (Lipinski definition) is 0. The summed E-state index contributed by atoms with van der Waals surface area (Å²) >= 11 is 0. The summed E-state index contributed by atoms with van der Waals surface area (Å²) in [5, 5.41) is 0. The van der Waals surface area contributed by atoms with Crippen molar-refractivity contribution in [1.29, 1.82) is 0 Å². The normalized spacial score (nSPS) is 12.4. The molecule has 0 aliphatic rings. The van der Waals surface area contributed by atoms with E-state index in [-0.39, 0.29) is 0 Å². The first-order valence-electron chi connectivity index (χ1n) is 4.90. The van der Waals surface area contributed by atoms with E-state index in [1.54, 1.807) is 0 Å². The van der Waals surface area contributed by atoms with Gasteiger partial charge < -0.3 is 0 Å². The van der Waals surface area contributed by atoms with Gasteiger partial charge in [0.1, 0.15) is 0 Å². The van der Waals surface area contributed by atoms with Gasteiger partial charge in [-0.3, -0.25) is 0 Å². The van der Waals surface area contributed by atoms with Gasteiger partial charge in [-0.25, -0.2) is 0 Å². The Morgan fingerprint density at radius 3 is 2.71 bits per heavy atom. The first kappa shape index (κ1) is 10.6. The topological polar surface area (TPSA) is 0 Å². The Morgan fingerprint density at radius 1 is 1.36 bits per heavy atom. The van der Waals surface area contributed by atoms with Gasteiger partial charge in [0, 0.05) is 0 Å². The Hall–Kier alpha value is -1.52. The standard InChI is InChI=1S/C14H16/c1-3-8-13(2)9-7-12-14-10-5-4-6-11-14/h4-8,10-13H,1,9H2,2H3/b12-7+/t13-/m1/s1. The molecule has 1 aromatic rings. The molecule has 0 saturated heterocycles. The quantitative estimate of drug-likeness (QED) is 0.619. The number of rotatable bonds is 4. The van der Waals surface area contributed by atoms with Crippen LogP contribution in [0.3, 0.4) is 0 Å². The van der Waals surface area contributed by atoms with Gasteiger partial charge in [0.2, 0.25) is 0 Å². The third kappa shape index (κ3) is 3.93. The van der Waals surface area contributed by atoms with Crippen LogP contribution in [-0.4, -0.2) is 0 Å². The van der Waals surface area contributed by atoms with Crippen molar-refractivity contribution in [2.24, 2.45) is 5.92 Å². The molecule has 0 bridgehead atoms. The van der Waals surface area contributed by atoms with E-state index in [1.165, 1.54) is 5.56 Å². The van der Waals surface area contributed by atoms with E-state index in [9.17, 15) is 0 Å². The van der Waals surface area contributed by atoms with Gasteiger partial charge in [0.05, 0.1) is 0 Å². The molecule has 0 nitrogen and oxygen atoms in total. The second-order valence-electron chi connectivity index (χ2n) is 3.40. The minimum absolute atomic E-state index is 0.521. The van der Waals surface area contributed by atoms with Crippen molar-refractivity contribution in [3.8, 4) is 0 Å². The fourth-order valence-corrected chi connectivity index (χ4v) is 1.25. The molecule has 0 N–H and O–H groups in total. The van der Waals surface area contributed by atoms with Crippen LogP contribution in [0, 0.1) is 5.92 Å². The first-order chi connectivity index (χ1) is 6.83. The van der Waals surface area contributed by atoms with Gasteiger partial charge in [0.25, 0.3) is 0 Å². The maximum Gasteiger partial charge on any atom is -0.0151 e. The molecule has 0 aliphatic heterocycles. The third-order valence-corrected chi connectivity index (χ3v) is 2.02. The van der Waals surface area contributed by atoms with Crippen LogP contribution in [0.4, 0.5) is 0 Å². The highest BCUT2D eigenvalue weighted by atomic mass is 14.0. The van der Waals surface area contributed by atoms with Crippen LogP contribution < -0.4 is 0 Å². The van der Waals surface area contributed by atoms with E-state index >= 15 is 0 Å². The zero-order valence-corrected chi connectivity index (χ0v) is 8.61. The summed E-state index contributed by atoms with van der Waals surface area (Å²) in [5.74, 6) is 0.521. The molecule has 0 heterocycles. The lowest BCUT2D eigenvalue weighted by Crippen LogP contribution is -1.84. The average molecular weight is 184 g/mol. The van der Waals surface area contributed by atoms with Gasteiger partial charge in [-0.05, 0) is 24.0 Å². The van der Waals surface area contributed by atoms with E-state index in [1.807, 2.05) is 24.3 Å². The molecule has 1 atom stereocenters. The zero-order chi connectivity index (χ0) is 10.2. The van der Waals surface area contributed by atoms with Crippen LogP contribution in [-0.2, 0) is 0 Å². The molecule has 1 aromatic carbocycles. The van der Waals surface area contributed by atoms with E-state index in [0.29, 0.717) is 5.92 Å². The number of hydrogen-bond acceptors (Lipinski definition) is 0. The Kier molecular flexibility index (Phi) is 4.54. The van der Waals surface area contributed by atoms with Gasteiger partial charge in [-0.2, -0.15) is 0 Å². The zero-order valence-electron chi connectivity index (χ0n) is 8.61. The predicted octanol–water partition coefficient (Wildman–Crippen LogP) is 4.07. The summed E-state index contributed by atoms with van der Waals surface area (Å²) in [6.07, 6.45) is 7.37. The van der Waals surface area contributed by atoms with Crippen LogP contribution in [0.25, 0.3) is 6.08 Å². The largest absolute Gasteiger partial charge is 0.133 e. The van der Waals surface area contributed by atoms with E-state index in [0.717, 1.165) is 6.42 Å². The Morgan fingerprint density at radius 2 is 2.07 bits per heavy atom. The second-order valence-corrected chi connectivity index (χ2v) is 3.40. The van der Waals surface area contributed by atoms with Gasteiger partial charge in [-0.15, -0.1) is 5.73 Å².